The molecule has 0 fully saturated rings. The fourth-order valence-corrected chi connectivity index (χ4v) is 2.28. The Morgan fingerprint density at radius 3 is 2.60 bits per heavy atom. The number of fused-ring (bicyclic) bond motifs is 1. The lowest BCUT2D eigenvalue weighted by Gasteiger charge is -2.18. The lowest BCUT2D eigenvalue weighted by Crippen LogP contribution is -2.29. The van der Waals surface area contributed by atoms with Crippen LogP contribution in [0.4, 0.5) is 0 Å². The van der Waals surface area contributed by atoms with Crippen molar-refractivity contribution in [3.63, 3.8) is 0 Å². The molecule has 0 saturated heterocycles. The van der Waals surface area contributed by atoms with Crippen molar-refractivity contribution in [2.24, 2.45) is 5.73 Å². The summed E-state index contributed by atoms with van der Waals surface area (Å²) in [6, 6.07) is 10.9. The summed E-state index contributed by atoms with van der Waals surface area (Å²) in [6.07, 6.45) is 1.55. The minimum Gasteiger partial charge on any atom is -0.342 e. The maximum Gasteiger partial charge on any atom is 0.254 e. The molecule has 4 nitrogen and oxygen atoms in total. The van der Waals surface area contributed by atoms with E-state index in [0.717, 1.165) is 23.5 Å². The molecule has 4 heteroatoms. The topological polar surface area (TPSA) is 63.4 Å². The number of hydrogen-bond donors (Lipinski definition) is 1. The third-order valence-corrected chi connectivity index (χ3v) is 3.34. The molecule has 0 radical (unpaired) electrons. The molecule has 0 spiro atoms. The van der Waals surface area contributed by atoms with Gasteiger partial charge in [0, 0.05) is 30.1 Å². The predicted molar refractivity (Wildman–Crippen MR) is 80.0 cm³/mol. The first-order chi connectivity index (χ1) is 9.69. The number of aldehydes is 1. The number of hydrogen-bond acceptors (Lipinski definition) is 3. The molecular formula is C16H18N2O2. The summed E-state index contributed by atoms with van der Waals surface area (Å²) in [5.41, 5.74) is 6.57. The van der Waals surface area contributed by atoms with Crippen molar-refractivity contribution in [1.29, 1.82) is 0 Å². The van der Waals surface area contributed by atoms with E-state index in [1.807, 2.05) is 24.3 Å². The van der Waals surface area contributed by atoms with Crippen LogP contribution >= 0.6 is 0 Å². The first-order valence-corrected chi connectivity index (χ1v) is 6.61. The molecule has 0 bridgehead atoms. The van der Waals surface area contributed by atoms with Gasteiger partial charge in [-0.25, -0.2) is 0 Å². The highest BCUT2D eigenvalue weighted by Crippen LogP contribution is 2.23. The fraction of sp³-hybridized carbons (Fsp3) is 0.250. The molecule has 0 atom stereocenters. The summed E-state index contributed by atoms with van der Waals surface area (Å²) in [7, 11) is 1.75. The first kappa shape index (κ1) is 14.2. The summed E-state index contributed by atoms with van der Waals surface area (Å²) in [5, 5.41) is 1.61. The second kappa shape index (κ2) is 6.30. The van der Waals surface area contributed by atoms with Gasteiger partial charge in [0.2, 0.25) is 0 Å². The van der Waals surface area contributed by atoms with Gasteiger partial charge in [-0.3, -0.25) is 9.59 Å². The van der Waals surface area contributed by atoms with Gasteiger partial charge in [0.1, 0.15) is 0 Å². The maximum absolute atomic E-state index is 12.5. The third-order valence-electron chi connectivity index (χ3n) is 3.34. The highest BCUT2D eigenvalue weighted by molar-refractivity contribution is 6.12. The molecule has 2 rings (SSSR count). The van der Waals surface area contributed by atoms with Crippen LogP contribution in [0.1, 0.15) is 27.1 Å². The van der Waals surface area contributed by atoms with E-state index in [9.17, 15) is 9.59 Å². The Balaban J connectivity index is 2.48. The van der Waals surface area contributed by atoms with E-state index in [0.29, 0.717) is 24.2 Å². The fourth-order valence-electron chi connectivity index (χ4n) is 2.28. The first-order valence-electron chi connectivity index (χ1n) is 6.61. The predicted octanol–water partition coefficient (Wildman–Crippen LogP) is 2.07. The van der Waals surface area contributed by atoms with Crippen LogP contribution in [0.25, 0.3) is 10.8 Å². The van der Waals surface area contributed by atoms with Gasteiger partial charge in [0.25, 0.3) is 5.91 Å². The van der Waals surface area contributed by atoms with Crippen LogP contribution in [0.15, 0.2) is 36.4 Å². The zero-order valence-corrected chi connectivity index (χ0v) is 11.5. The number of carbonyl (C=O) groups excluding carboxylic acids is 2. The number of rotatable bonds is 5. The highest BCUT2D eigenvalue weighted by Gasteiger charge is 2.16. The van der Waals surface area contributed by atoms with Crippen molar-refractivity contribution in [2.45, 2.75) is 6.42 Å². The number of nitrogens with zero attached hydrogens (tertiary/aromatic N) is 1. The molecule has 2 aromatic carbocycles. The van der Waals surface area contributed by atoms with E-state index in [4.69, 9.17) is 5.73 Å². The summed E-state index contributed by atoms with van der Waals surface area (Å²) in [4.78, 5) is 25.3. The maximum atomic E-state index is 12.5. The van der Waals surface area contributed by atoms with E-state index in [1.165, 1.54) is 0 Å². The van der Waals surface area contributed by atoms with Crippen molar-refractivity contribution in [3.8, 4) is 0 Å². The highest BCUT2D eigenvalue weighted by atomic mass is 16.2. The van der Waals surface area contributed by atoms with Crippen molar-refractivity contribution < 1.29 is 9.59 Å². The van der Waals surface area contributed by atoms with Crippen LogP contribution in [0, 0.1) is 0 Å². The second-order valence-electron chi connectivity index (χ2n) is 4.74. The minimum atomic E-state index is -0.0849. The van der Waals surface area contributed by atoms with E-state index < -0.39 is 0 Å². The van der Waals surface area contributed by atoms with E-state index >= 15 is 0 Å². The Labute approximate surface area is 118 Å². The van der Waals surface area contributed by atoms with Crippen LogP contribution in [0.2, 0.25) is 0 Å². The summed E-state index contributed by atoms with van der Waals surface area (Å²) in [5.74, 6) is -0.0849. The Hall–Kier alpha value is -2.20. The van der Waals surface area contributed by atoms with Crippen molar-refractivity contribution in [1.82, 2.24) is 4.90 Å². The van der Waals surface area contributed by atoms with E-state index in [1.54, 1.807) is 24.1 Å². The van der Waals surface area contributed by atoms with Gasteiger partial charge in [-0.2, -0.15) is 0 Å². The van der Waals surface area contributed by atoms with Crippen molar-refractivity contribution in [3.05, 3.63) is 47.5 Å². The van der Waals surface area contributed by atoms with Crippen molar-refractivity contribution >= 4 is 23.0 Å². The number of benzene rings is 2. The SMILES string of the molecule is CN(CCCN)C(=O)c1cccc2cccc(C=O)c12. The zero-order chi connectivity index (χ0) is 14.5. The molecule has 2 aromatic rings. The Morgan fingerprint density at radius 2 is 1.95 bits per heavy atom. The van der Waals surface area contributed by atoms with Gasteiger partial charge < -0.3 is 10.6 Å². The van der Waals surface area contributed by atoms with Crippen molar-refractivity contribution in [2.75, 3.05) is 20.1 Å². The molecule has 2 N–H and O–H groups in total. The Bertz CT molecular complexity index is 632. The monoisotopic (exact) mass is 270 g/mol. The Kier molecular flexibility index (Phi) is 4.48. The molecule has 0 aromatic heterocycles. The quantitative estimate of drug-likeness (QED) is 0.846. The normalized spacial score (nSPS) is 10.5. The van der Waals surface area contributed by atoms with Crippen LogP contribution in [0.5, 0.6) is 0 Å². The molecule has 0 heterocycles. The van der Waals surface area contributed by atoms with E-state index in [-0.39, 0.29) is 5.91 Å². The van der Waals surface area contributed by atoms with Gasteiger partial charge in [0.05, 0.1) is 0 Å². The van der Waals surface area contributed by atoms with Crippen LogP contribution in [-0.2, 0) is 0 Å². The third kappa shape index (κ3) is 2.70. The number of carbonyl (C=O) groups is 2. The smallest absolute Gasteiger partial charge is 0.254 e. The molecule has 0 saturated carbocycles. The average molecular weight is 270 g/mol. The zero-order valence-electron chi connectivity index (χ0n) is 11.5. The van der Waals surface area contributed by atoms with Gasteiger partial charge >= 0.3 is 0 Å². The lowest BCUT2D eigenvalue weighted by atomic mass is 9.99. The number of nitrogens with two attached hydrogens (primary N) is 1. The molecular weight excluding hydrogens is 252 g/mol. The molecule has 0 aliphatic rings. The van der Waals surface area contributed by atoms with Crippen LogP contribution in [0.3, 0.4) is 0 Å². The molecule has 0 aliphatic carbocycles. The standard InChI is InChI=1S/C16H18N2O2/c1-18(10-4-9-17)16(20)14-8-3-6-12-5-2-7-13(11-19)15(12)14/h2-3,5-8,11H,4,9-10,17H2,1H3. The van der Waals surface area contributed by atoms with Crippen LogP contribution < -0.4 is 5.73 Å². The minimum absolute atomic E-state index is 0.0849. The van der Waals surface area contributed by atoms with Gasteiger partial charge in [-0.05, 0) is 24.4 Å². The lowest BCUT2D eigenvalue weighted by molar-refractivity contribution is 0.0796. The summed E-state index contributed by atoms with van der Waals surface area (Å²) < 4.78 is 0. The second-order valence-corrected chi connectivity index (χ2v) is 4.74. The van der Waals surface area contributed by atoms with Gasteiger partial charge in [-0.15, -0.1) is 0 Å². The van der Waals surface area contributed by atoms with Crippen LogP contribution in [-0.4, -0.2) is 37.2 Å². The molecule has 20 heavy (non-hydrogen) atoms. The summed E-state index contributed by atoms with van der Waals surface area (Å²) >= 11 is 0. The largest absolute Gasteiger partial charge is 0.342 e. The molecule has 104 valence electrons. The number of amides is 1. The summed E-state index contributed by atoms with van der Waals surface area (Å²) in [6.45, 7) is 1.15. The van der Waals surface area contributed by atoms with E-state index in [2.05, 4.69) is 0 Å². The van der Waals surface area contributed by atoms with Gasteiger partial charge in [-0.1, -0.05) is 30.3 Å². The molecule has 0 aliphatic heterocycles. The van der Waals surface area contributed by atoms with Gasteiger partial charge in [0.15, 0.2) is 6.29 Å². The Morgan fingerprint density at radius 1 is 1.25 bits per heavy atom. The molecule has 0 unspecified atom stereocenters. The molecule has 1 amide bonds. The average Bonchev–Trinajstić information content (AvgIpc) is 2.50.